The summed E-state index contributed by atoms with van der Waals surface area (Å²) in [6.45, 7) is 0.463. The molecular formula is C28H18ClN7OS. The first kappa shape index (κ1) is 22.6. The minimum absolute atomic E-state index is 0.463. The lowest BCUT2D eigenvalue weighted by molar-refractivity contribution is 0.305. The molecule has 1 aromatic carbocycles. The lowest BCUT2D eigenvalue weighted by Gasteiger charge is -2.08. The lowest BCUT2D eigenvalue weighted by atomic mass is 10.1. The quantitative estimate of drug-likeness (QED) is 0.239. The molecule has 0 saturated heterocycles. The average molecular weight is 536 g/mol. The highest BCUT2D eigenvalue weighted by Gasteiger charge is 2.18. The van der Waals surface area contributed by atoms with Crippen LogP contribution in [-0.2, 0) is 6.61 Å². The van der Waals surface area contributed by atoms with Gasteiger partial charge in [-0.1, -0.05) is 41.9 Å². The molecule has 8 nitrogen and oxygen atoms in total. The Morgan fingerprint density at radius 2 is 1.74 bits per heavy atom. The van der Waals surface area contributed by atoms with Crippen LogP contribution in [0, 0.1) is 0 Å². The van der Waals surface area contributed by atoms with E-state index in [0.717, 1.165) is 43.8 Å². The van der Waals surface area contributed by atoms with Crippen molar-refractivity contribution >= 4 is 45.0 Å². The molecule has 7 aromatic rings. The van der Waals surface area contributed by atoms with Crippen LogP contribution in [0.15, 0.2) is 85.5 Å². The molecular weight excluding hydrogens is 518 g/mol. The van der Waals surface area contributed by atoms with Crippen molar-refractivity contribution in [1.29, 1.82) is 0 Å². The van der Waals surface area contributed by atoms with E-state index in [4.69, 9.17) is 26.3 Å². The van der Waals surface area contributed by atoms with E-state index >= 15 is 0 Å². The number of benzene rings is 1. The number of nitrogens with one attached hydrogen (secondary N) is 2. The average Bonchev–Trinajstić information content (AvgIpc) is 3.70. The first-order valence-corrected chi connectivity index (χ1v) is 13.0. The lowest BCUT2D eigenvalue weighted by Crippen LogP contribution is -1.96. The maximum absolute atomic E-state index is 6.17. The van der Waals surface area contributed by atoms with Gasteiger partial charge in [0.25, 0.3) is 0 Å². The smallest absolute Gasteiger partial charge is 0.161 e. The molecule has 184 valence electrons. The summed E-state index contributed by atoms with van der Waals surface area (Å²) in [5.41, 5.74) is 7.33. The van der Waals surface area contributed by atoms with Crippen LogP contribution in [-0.4, -0.2) is 35.1 Å². The van der Waals surface area contributed by atoms with Crippen molar-refractivity contribution in [3.63, 3.8) is 0 Å². The van der Waals surface area contributed by atoms with Gasteiger partial charge in [0, 0.05) is 28.4 Å². The van der Waals surface area contributed by atoms with Crippen molar-refractivity contribution in [2.75, 3.05) is 0 Å². The Balaban J connectivity index is 1.24. The van der Waals surface area contributed by atoms with Crippen LogP contribution < -0.4 is 4.74 Å². The number of hydrogen-bond acceptors (Lipinski definition) is 7. The zero-order valence-electron chi connectivity index (χ0n) is 19.7. The minimum atomic E-state index is 0.463. The standard InChI is InChI=1S/C28H18ClN7OS/c29-24-9-8-23(38-24)19-13-31-14-22-25(19)34-28(33-22)27-26-21(35-36-27)7-6-20(32-26)17-10-18(12-30-11-17)37-15-16-4-2-1-3-5-16/h1-14H,15H2,(H,33,34)(H,35,36). The monoisotopic (exact) mass is 535 g/mol. The molecule has 0 radical (unpaired) electrons. The number of thiophene rings is 1. The Hall–Kier alpha value is -4.60. The maximum atomic E-state index is 6.17. The van der Waals surface area contributed by atoms with E-state index in [1.807, 2.05) is 60.7 Å². The fraction of sp³-hybridized carbons (Fsp3) is 0.0357. The summed E-state index contributed by atoms with van der Waals surface area (Å²) in [7, 11) is 0. The topological polar surface area (TPSA) is 105 Å². The largest absolute Gasteiger partial charge is 0.487 e. The number of rotatable bonds is 6. The molecule has 2 N–H and O–H groups in total. The van der Waals surface area contributed by atoms with E-state index in [1.165, 1.54) is 11.3 Å². The molecule has 0 spiro atoms. The Labute approximate surface area is 225 Å². The van der Waals surface area contributed by atoms with Crippen molar-refractivity contribution in [3.8, 4) is 39.0 Å². The minimum Gasteiger partial charge on any atom is -0.487 e. The van der Waals surface area contributed by atoms with Gasteiger partial charge in [0.05, 0.1) is 33.5 Å². The van der Waals surface area contributed by atoms with Gasteiger partial charge in [0.1, 0.15) is 23.4 Å². The van der Waals surface area contributed by atoms with Gasteiger partial charge >= 0.3 is 0 Å². The fourth-order valence-corrected chi connectivity index (χ4v) is 5.34. The molecule has 0 bridgehead atoms. The number of nitrogens with zero attached hydrogens (tertiary/aromatic N) is 5. The van der Waals surface area contributed by atoms with Crippen LogP contribution in [0.1, 0.15) is 5.56 Å². The molecule has 0 aliphatic rings. The number of halogens is 1. The first-order valence-electron chi connectivity index (χ1n) is 11.8. The Morgan fingerprint density at radius 3 is 2.61 bits per heavy atom. The highest BCUT2D eigenvalue weighted by molar-refractivity contribution is 7.19. The predicted molar refractivity (Wildman–Crippen MR) is 149 cm³/mol. The number of imidazole rings is 1. The molecule has 10 heteroatoms. The number of fused-ring (bicyclic) bond motifs is 2. The number of H-pyrrole nitrogens is 2. The summed E-state index contributed by atoms with van der Waals surface area (Å²) >= 11 is 7.66. The second-order valence-electron chi connectivity index (χ2n) is 8.62. The summed E-state index contributed by atoms with van der Waals surface area (Å²) in [6.07, 6.45) is 7.03. The van der Waals surface area contributed by atoms with E-state index in [0.29, 0.717) is 33.7 Å². The molecule has 0 aliphatic heterocycles. The molecule has 6 heterocycles. The van der Waals surface area contributed by atoms with Crippen molar-refractivity contribution in [2.45, 2.75) is 6.61 Å². The molecule has 6 aromatic heterocycles. The van der Waals surface area contributed by atoms with E-state index < -0.39 is 0 Å². The Kier molecular flexibility index (Phi) is 5.57. The van der Waals surface area contributed by atoms with Gasteiger partial charge in [-0.25, -0.2) is 9.97 Å². The zero-order chi connectivity index (χ0) is 25.5. The van der Waals surface area contributed by atoms with Crippen LogP contribution in [0.4, 0.5) is 0 Å². The highest BCUT2D eigenvalue weighted by Crippen LogP contribution is 2.36. The predicted octanol–water partition coefficient (Wildman–Crippen LogP) is 6.92. The number of aromatic nitrogens is 7. The third-order valence-electron chi connectivity index (χ3n) is 6.12. The Bertz CT molecular complexity index is 1910. The van der Waals surface area contributed by atoms with Gasteiger partial charge in [0.2, 0.25) is 0 Å². The van der Waals surface area contributed by atoms with Gasteiger partial charge in [0.15, 0.2) is 11.5 Å². The summed E-state index contributed by atoms with van der Waals surface area (Å²) in [6, 6.07) is 19.7. The molecule has 0 amide bonds. The molecule has 0 unspecified atom stereocenters. The number of pyridine rings is 3. The summed E-state index contributed by atoms with van der Waals surface area (Å²) in [5, 5.41) is 7.59. The van der Waals surface area contributed by atoms with Crippen LogP contribution in [0.3, 0.4) is 0 Å². The second-order valence-corrected chi connectivity index (χ2v) is 10.3. The van der Waals surface area contributed by atoms with Crippen LogP contribution in [0.25, 0.3) is 55.3 Å². The van der Waals surface area contributed by atoms with Crippen LogP contribution in [0.5, 0.6) is 5.75 Å². The van der Waals surface area contributed by atoms with E-state index in [-0.39, 0.29) is 0 Å². The van der Waals surface area contributed by atoms with Crippen molar-refractivity contribution in [3.05, 3.63) is 95.4 Å². The molecule has 0 atom stereocenters. The van der Waals surface area contributed by atoms with Gasteiger partial charge in [-0.05, 0) is 35.9 Å². The molecule has 7 rings (SSSR count). The number of hydrogen-bond donors (Lipinski definition) is 2. The van der Waals surface area contributed by atoms with Crippen LogP contribution >= 0.6 is 22.9 Å². The third kappa shape index (κ3) is 4.17. The van der Waals surface area contributed by atoms with Crippen molar-refractivity contribution in [1.82, 2.24) is 35.1 Å². The van der Waals surface area contributed by atoms with Gasteiger partial charge < -0.3 is 9.72 Å². The van der Waals surface area contributed by atoms with Crippen LogP contribution in [0.2, 0.25) is 4.34 Å². The van der Waals surface area contributed by atoms with E-state index in [1.54, 1.807) is 24.8 Å². The number of ether oxygens (including phenoxy) is 1. The Morgan fingerprint density at radius 1 is 0.842 bits per heavy atom. The number of aromatic amines is 2. The fourth-order valence-electron chi connectivity index (χ4n) is 4.29. The molecule has 0 aliphatic carbocycles. The van der Waals surface area contributed by atoms with Gasteiger partial charge in [-0.2, -0.15) is 5.10 Å². The summed E-state index contributed by atoms with van der Waals surface area (Å²) in [5.74, 6) is 1.28. The highest BCUT2D eigenvalue weighted by atomic mass is 35.5. The zero-order valence-corrected chi connectivity index (χ0v) is 21.3. The molecule has 38 heavy (non-hydrogen) atoms. The van der Waals surface area contributed by atoms with Crippen molar-refractivity contribution < 1.29 is 4.74 Å². The second kappa shape index (κ2) is 9.37. The van der Waals surface area contributed by atoms with E-state index in [9.17, 15) is 0 Å². The van der Waals surface area contributed by atoms with Gasteiger partial charge in [-0.15, -0.1) is 11.3 Å². The molecule has 0 fully saturated rings. The molecule has 0 saturated carbocycles. The SMILES string of the molecule is Clc1ccc(-c2cncc3[nH]c(-c4n[nH]c5ccc(-c6cncc(OCc7ccccc7)c6)nc45)nc23)s1. The first-order chi connectivity index (χ1) is 18.7. The summed E-state index contributed by atoms with van der Waals surface area (Å²) in [4.78, 5) is 22.9. The van der Waals surface area contributed by atoms with E-state index in [2.05, 4.69) is 25.1 Å². The maximum Gasteiger partial charge on any atom is 0.161 e. The normalized spacial score (nSPS) is 11.4. The third-order valence-corrected chi connectivity index (χ3v) is 7.39. The summed E-state index contributed by atoms with van der Waals surface area (Å²) < 4.78 is 6.68. The van der Waals surface area contributed by atoms with Gasteiger partial charge in [-0.3, -0.25) is 15.1 Å². The van der Waals surface area contributed by atoms with Crippen molar-refractivity contribution in [2.24, 2.45) is 0 Å².